The van der Waals surface area contributed by atoms with Gasteiger partial charge in [-0.25, -0.2) is 0 Å². The van der Waals surface area contributed by atoms with E-state index in [1.807, 2.05) is 39.0 Å². The molecule has 0 aromatic heterocycles. The van der Waals surface area contributed by atoms with Gasteiger partial charge < -0.3 is 19.5 Å². The van der Waals surface area contributed by atoms with Gasteiger partial charge in [-0.15, -0.1) is 0 Å². The topological polar surface area (TPSA) is 77.1 Å². The number of rotatable bonds is 8. The van der Waals surface area contributed by atoms with Gasteiger partial charge in [0.25, 0.3) is 11.8 Å². The lowest BCUT2D eigenvalue weighted by atomic mass is 10.0. The van der Waals surface area contributed by atoms with E-state index < -0.39 is 0 Å². The molecule has 0 bridgehead atoms. The lowest BCUT2D eigenvalue weighted by Crippen LogP contribution is -2.35. The molecular weight excluding hydrogens is 396 g/mol. The number of nitrogens with zero attached hydrogens (tertiary/aromatic N) is 1. The second-order valence-corrected chi connectivity index (χ2v) is 7.76. The van der Waals surface area contributed by atoms with Crippen molar-refractivity contribution in [1.82, 2.24) is 4.90 Å². The van der Waals surface area contributed by atoms with E-state index in [2.05, 4.69) is 5.32 Å². The van der Waals surface area contributed by atoms with Gasteiger partial charge in [-0.05, 0) is 48.2 Å². The van der Waals surface area contributed by atoms with Gasteiger partial charge in [-0.2, -0.15) is 0 Å². The highest BCUT2D eigenvalue weighted by molar-refractivity contribution is 6.36. The van der Waals surface area contributed by atoms with Crippen molar-refractivity contribution in [3.8, 4) is 17.2 Å². The summed E-state index contributed by atoms with van der Waals surface area (Å²) in [5.74, 6) is 1.01. The maximum absolute atomic E-state index is 13.3. The number of imide groups is 1. The Morgan fingerprint density at radius 1 is 0.871 bits per heavy atom. The van der Waals surface area contributed by atoms with E-state index in [-0.39, 0.29) is 29.0 Å². The zero-order valence-electron chi connectivity index (χ0n) is 18.7. The number of hydrogen-bond donors (Lipinski definition) is 1. The van der Waals surface area contributed by atoms with Crippen molar-refractivity contribution in [1.29, 1.82) is 0 Å². The van der Waals surface area contributed by atoms with Crippen molar-refractivity contribution >= 4 is 23.1 Å². The Morgan fingerprint density at radius 3 is 2.13 bits per heavy atom. The molecule has 3 rings (SSSR count). The second kappa shape index (κ2) is 9.12. The van der Waals surface area contributed by atoms with Gasteiger partial charge in [0.05, 0.1) is 32.6 Å². The first-order valence-electron chi connectivity index (χ1n) is 10.0. The number of carbonyl (C=O) groups is 2. The fourth-order valence-corrected chi connectivity index (χ4v) is 3.54. The van der Waals surface area contributed by atoms with Crippen LogP contribution in [0.3, 0.4) is 0 Å². The number of methoxy groups -OCH3 is 3. The Labute approximate surface area is 182 Å². The molecule has 1 N–H and O–H groups in total. The summed E-state index contributed by atoms with van der Waals surface area (Å²) in [6, 6.07) is 10.8. The fraction of sp³-hybridized carbons (Fsp3) is 0.333. The number of amides is 2. The van der Waals surface area contributed by atoms with Gasteiger partial charge in [0.2, 0.25) is 0 Å². The quantitative estimate of drug-likeness (QED) is 0.649. The Bertz CT molecular complexity index is 1040. The van der Waals surface area contributed by atoms with E-state index >= 15 is 0 Å². The van der Waals surface area contributed by atoms with Gasteiger partial charge in [0, 0.05) is 6.54 Å². The molecule has 31 heavy (non-hydrogen) atoms. The number of ether oxygens (including phenoxy) is 3. The molecule has 7 heteroatoms. The minimum Gasteiger partial charge on any atom is -0.495 e. The molecule has 0 unspecified atom stereocenters. The summed E-state index contributed by atoms with van der Waals surface area (Å²) in [7, 11) is 4.63. The van der Waals surface area contributed by atoms with E-state index in [0.717, 1.165) is 5.56 Å². The molecule has 164 valence electrons. The molecule has 0 saturated heterocycles. The summed E-state index contributed by atoms with van der Waals surface area (Å²) in [5.41, 5.74) is 2.67. The van der Waals surface area contributed by atoms with E-state index in [1.165, 1.54) is 12.0 Å². The normalized spacial score (nSPS) is 13.8. The van der Waals surface area contributed by atoms with Crippen LogP contribution in [-0.2, 0) is 9.59 Å². The summed E-state index contributed by atoms with van der Waals surface area (Å²) >= 11 is 0. The summed E-state index contributed by atoms with van der Waals surface area (Å²) in [6.07, 6.45) is 0. The molecule has 2 amide bonds. The number of benzene rings is 2. The molecular formula is C24H28N2O5. The minimum atomic E-state index is -0.368. The number of carbonyl (C=O) groups excluding carboxylic acids is 2. The highest BCUT2D eigenvalue weighted by Crippen LogP contribution is 2.37. The van der Waals surface area contributed by atoms with Gasteiger partial charge in [-0.3, -0.25) is 14.5 Å². The summed E-state index contributed by atoms with van der Waals surface area (Å²) in [5, 5.41) is 3.17. The van der Waals surface area contributed by atoms with Crippen LogP contribution in [0.15, 0.2) is 42.1 Å². The van der Waals surface area contributed by atoms with Crippen LogP contribution in [0.5, 0.6) is 17.2 Å². The molecule has 1 aliphatic heterocycles. The summed E-state index contributed by atoms with van der Waals surface area (Å²) < 4.78 is 16.1. The van der Waals surface area contributed by atoms with Crippen LogP contribution in [0.25, 0.3) is 5.57 Å². The molecule has 0 aliphatic carbocycles. The third-order valence-electron chi connectivity index (χ3n) is 5.00. The molecule has 0 atom stereocenters. The Balaban J connectivity index is 2.16. The molecule has 0 saturated carbocycles. The molecule has 2 aromatic carbocycles. The van der Waals surface area contributed by atoms with Gasteiger partial charge >= 0.3 is 0 Å². The molecule has 0 radical (unpaired) electrons. The van der Waals surface area contributed by atoms with Crippen LogP contribution < -0.4 is 19.5 Å². The Morgan fingerprint density at radius 2 is 1.52 bits per heavy atom. The van der Waals surface area contributed by atoms with Gasteiger partial charge in [0.15, 0.2) is 11.5 Å². The van der Waals surface area contributed by atoms with E-state index in [0.29, 0.717) is 35.0 Å². The summed E-state index contributed by atoms with van der Waals surface area (Å²) in [6.45, 7) is 6.20. The molecule has 0 spiro atoms. The second-order valence-electron chi connectivity index (χ2n) is 7.76. The predicted octanol–water partition coefficient (Wildman–Crippen LogP) is 3.87. The molecule has 0 fully saturated rings. The van der Waals surface area contributed by atoms with E-state index in [4.69, 9.17) is 14.2 Å². The highest BCUT2D eigenvalue weighted by Gasteiger charge is 2.40. The van der Waals surface area contributed by atoms with Crippen molar-refractivity contribution in [3.05, 3.63) is 53.2 Å². The van der Waals surface area contributed by atoms with Crippen molar-refractivity contribution in [3.63, 3.8) is 0 Å². The van der Waals surface area contributed by atoms with E-state index in [1.54, 1.807) is 32.4 Å². The predicted molar refractivity (Wildman–Crippen MR) is 119 cm³/mol. The summed E-state index contributed by atoms with van der Waals surface area (Å²) in [4.78, 5) is 27.9. The average molecular weight is 424 g/mol. The highest BCUT2D eigenvalue weighted by atomic mass is 16.5. The third kappa shape index (κ3) is 4.35. The van der Waals surface area contributed by atoms with Crippen LogP contribution in [0, 0.1) is 12.8 Å². The first-order valence-corrected chi connectivity index (χ1v) is 10.0. The maximum Gasteiger partial charge on any atom is 0.278 e. The molecule has 1 aliphatic rings. The monoisotopic (exact) mass is 424 g/mol. The SMILES string of the molecule is COc1ccc(C)cc1NC1=C(c2ccc(OC)c(OC)c2)C(=O)N(CC(C)C)C1=O. The van der Waals surface area contributed by atoms with Crippen LogP contribution in [0.1, 0.15) is 25.0 Å². The van der Waals surface area contributed by atoms with Crippen molar-refractivity contribution in [2.75, 3.05) is 33.2 Å². The number of anilines is 1. The average Bonchev–Trinajstić information content (AvgIpc) is 2.97. The maximum atomic E-state index is 13.3. The first kappa shape index (κ1) is 22.2. The lowest BCUT2D eigenvalue weighted by molar-refractivity contribution is -0.137. The number of nitrogens with one attached hydrogen (secondary N) is 1. The zero-order chi connectivity index (χ0) is 22.7. The molecule has 1 heterocycles. The first-order chi connectivity index (χ1) is 14.8. The van der Waals surface area contributed by atoms with Gasteiger partial charge in [0.1, 0.15) is 11.4 Å². The minimum absolute atomic E-state index is 0.132. The lowest BCUT2D eigenvalue weighted by Gasteiger charge is -2.18. The smallest absolute Gasteiger partial charge is 0.278 e. The van der Waals surface area contributed by atoms with Crippen LogP contribution in [-0.4, -0.2) is 44.6 Å². The molecule has 2 aromatic rings. The Hall–Kier alpha value is -3.48. The van der Waals surface area contributed by atoms with Gasteiger partial charge in [-0.1, -0.05) is 26.0 Å². The van der Waals surface area contributed by atoms with Crippen LogP contribution in [0.4, 0.5) is 5.69 Å². The van der Waals surface area contributed by atoms with Crippen LogP contribution >= 0.6 is 0 Å². The van der Waals surface area contributed by atoms with Crippen molar-refractivity contribution < 1.29 is 23.8 Å². The fourth-order valence-electron chi connectivity index (χ4n) is 3.54. The number of hydrogen-bond acceptors (Lipinski definition) is 6. The number of aryl methyl sites for hydroxylation is 1. The van der Waals surface area contributed by atoms with Crippen LogP contribution in [0.2, 0.25) is 0 Å². The standard InChI is InChI=1S/C24H28N2O5/c1-14(2)13-26-23(27)21(16-8-10-19(30-5)20(12-16)31-6)22(24(26)28)25-17-11-15(3)7-9-18(17)29-4/h7-12,14,25H,13H2,1-6H3. The third-order valence-corrected chi connectivity index (χ3v) is 5.00. The van der Waals surface area contributed by atoms with Crippen molar-refractivity contribution in [2.24, 2.45) is 5.92 Å². The Kier molecular flexibility index (Phi) is 6.53. The molecule has 7 nitrogen and oxygen atoms in total. The van der Waals surface area contributed by atoms with E-state index in [9.17, 15) is 9.59 Å². The van der Waals surface area contributed by atoms with Crippen molar-refractivity contribution in [2.45, 2.75) is 20.8 Å². The largest absolute Gasteiger partial charge is 0.495 e. The zero-order valence-corrected chi connectivity index (χ0v) is 18.7.